The molecule has 0 saturated heterocycles. The monoisotopic (exact) mass is 869 g/mol. The van der Waals surface area contributed by atoms with Gasteiger partial charge in [-0.25, -0.2) is 0 Å². The molecule has 0 aliphatic carbocycles. The number of esters is 3. The topological polar surface area (TPSA) is 78.9 Å². The summed E-state index contributed by atoms with van der Waals surface area (Å²) in [5.41, 5.74) is 0. The summed E-state index contributed by atoms with van der Waals surface area (Å²) in [6.45, 7) is 6.23. The third-order valence-electron chi connectivity index (χ3n) is 9.63. The maximum Gasteiger partial charge on any atom is 0.306 e. The van der Waals surface area contributed by atoms with Crippen molar-refractivity contribution < 1.29 is 28.6 Å². The zero-order valence-electron chi connectivity index (χ0n) is 40.0. The zero-order valence-corrected chi connectivity index (χ0v) is 40.0. The maximum absolute atomic E-state index is 12.7. The molecule has 0 aliphatic rings. The molecular weight excluding hydrogens is 781 g/mol. The molecule has 0 aliphatic heterocycles. The van der Waals surface area contributed by atoms with Gasteiger partial charge in [0.25, 0.3) is 0 Å². The summed E-state index contributed by atoms with van der Waals surface area (Å²) < 4.78 is 16.6. The molecule has 0 unspecified atom stereocenters. The Hall–Kier alpha value is -4.45. The molecule has 0 N–H and O–H groups in total. The van der Waals surface area contributed by atoms with E-state index >= 15 is 0 Å². The minimum absolute atomic E-state index is 0.131. The first kappa shape index (κ1) is 58.6. The van der Waals surface area contributed by atoms with Crippen LogP contribution < -0.4 is 0 Å². The minimum Gasteiger partial charge on any atom is -0.462 e. The van der Waals surface area contributed by atoms with Crippen LogP contribution in [0.4, 0.5) is 0 Å². The molecule has 0 amide bonds. The zero-order chi connectivity index (χ0) is 45.8. The van der Waals surface area contributed by atoms with Crippen LogP contribution in [0, 0.1) is 0 Å². The van der Waals surface area contributed by atoms with Crippen LogP contribution in [0.2, 0.25) is 0 Å². The van der Waals surface area contributed by atoms with E-state index in [2.05, 4.69) is 142 Å². The second-order valence-electron chi connectivity index (χ2n) is 15.6. The van der Waals surface area contributed by atoms with Crippen LogP contribution >= 0.6 is 0 Å². The number of hydrogen-bond acceptors (Lipinski definition) is 6. The van der Waals surface area contributed by atoms with E-state index in [1.807, 2.05) is 12.2 Å². The van der Waals surface area contributed by atoms with Gasteiger partial charge in [0, 0.05) is 19.3 Å². The van der Waals surface area contributed by atoms with Crippen molar-refractivity contribution in [2.75, 3.05) is 13.2 Å². The van der Waals surface area contributed by atoms with E-state index in [-0.39, 0.29) is 38.0 Å². The predicted molar refractivity (Wildman–Crippen MR) is 269 cm³/mol. The Morgan fingerprint density at radius 1 is 0.333 bits per heavy atom. The summed E-state index contributed by atoms with van der Waals surface area (Å²) in [6.07, 6.45) is 70.2. The molecule has 63 heavy (non-hydrogen) atoms. The molecule has 0 heterocycles. The predicted octanol–water partition coefficient (Wildman–Crippen LogP) is 16.3. The van der Waals surface area contributed by atoms with Crippen LogP contribution in [0.15, 0.2) is 134 Å². The fourth-order valence-corrected chi connectivity index (χ4v) is 5.97. The van der Waals surface area contributed by atoms with Crippen molar-refractivity contribution >= 4 is 17.9 Å². The van der Waals surface area contributed by atoms with Gasteiger partial charge in [0.05, 0.1) is 0 Å². The third kappa shape index (κ3) is 48.4. The Balaban J connectivity index is 4.61. The molecule has 352 valence electrons. The van der Waals surface area contributed by atoms with Crippen molar-refractivity contribution in [1.82, 2.24) is 0 Å². The van der Waals surface area contributed by atoms with E-state index in [0.717, 1.165) is 109 Å². The lowest BCUT2D eigenvalue weighted by Crippen LogP contribution is -2.30. The molecule has 0 aromatic heterocycles. The average molecular weight is 869 g/mol. The number of rotatable bonds is 42. The molecule has 6 nitrogen and oxygen atoms in total. The number of unbranched alkanes of at least 4 members (excludes halogenated alkanes) is 9. The molecule has 0 fully saturated rings. The first-order valence-electron chi connectivity index (χ1n) is 24.7. The van der Waals surface area contributed by atoms with Crippen molar-refractivity contribution in [2.24, 2.45) is 0 Å². The maximum atomic E-state index is 12.7. The fraction of sp³-hybridized carbons (Fsp3) is 0.561. The summed E-state index contributed by atoms with van der Waals surface area (Å²) in [4.78, 5) is 37.9. The normalized spacial score (nSPS) is 13.3. The van der Waals surface area contributed by atoms with Gasteiger partial charge in [-0.1, -0.05) is 187 Å². The van der Waals surface area contributed by atoms with E-state index in [1.165, 1.54) is 25.7 Å². The average Bonchev–Trinajstić information content (AvgIpc) is 3.28. The summed E-state index contributed by atoms with van der Waals surface area (Å²) in [6, 6.07) is 0. The van der Waals surface area contributed by atoms with E-state index in [9.17, 15) is 14.4 Å². The van der Waals surface area contributed by atoms with Crippen molar-refractivity contribution in [2.45, 2.75) is 194 Å². The van der Waals surface area contributed by atoms with Gasteiger partial charge in [0.2, 0.25) is 0 Å². The van der Waals surface area contributed by atoms with Gasteiger partial charge in [-0.3, -0.25) is 14.4 Å². The number of hydrogen-bond donors (Lipinski definition) is 0. The first-order chi connectivity index (χ1) is 31.0. The van der Waals surface area contributed by atoms with E-state index in [1.54, 1.807) is 0 Å². The minimum atomic E-state index is -0.842. The van der Waals surface area contributed by atoms with Gasteiger partial charge < -0.3 is 14.2 Å². The van der Waals surface area contributed by atoms with E-state index in [4.69, 9.17) is 14.2 Å². The largest absolute Gasteiger partial charge is 0.462 e. The number of carbonyl (C=O) groups is 3. The van der Waals surface area contributed by atoms with Crippen molar-refractivity contribution in [3.8, 4) is 0 Å². The Bertz CT molecular complexity index is 1420. The molecule has 0 spiro atoms. The van der Waals surface area contributed by atoms with Gasteiger partial charge in [0.1, 0.15) is 13.2 Å². The summed E-state index contributed by atoms with van der Waals surface area (Å²) in [5.74, 6) is -1.08. The number of carbonyl (C=O) groups excluding carboxylic acids is 3. The van der Waals surface area contributed by atoms with Crippen LogP contribution in [0.3, 0.4) is 0 Å². The molecule has 0 bridgehead atoms. The highest BCUT2D eigenvalue weighted by molar-refractivity contribution is 5.71. The second-order valence-corrected chi connectivity index (χ2v) is 15.6. The highest BCUT2D eigenvalue weighted by Gasteiger charge is 2.19. The van der Waals surface area contributed by atoms with Crippen molar-refractivity contribution in [3.63, 3.8) is 0 Å². The van der Waals surface area contributed by atoms with Gasteiger partial charge in [-0.05, 0) is 116 Å². The Morgan fingerprint density at radius 3 is 1.08 bits per heavy atom. The highest BCUT2D eigenvalue weighted by atomic mass is 16.6. The molecule has 0 saturated carbocycles. The number of ether oxygens (including phenoxy) is 3. The van der Waals surface area contributed by atoms with Crippen LogP contribution in [0.1, 0.15) is 188 Å². The van der Waals surface area contributed by atoms with Gasteiger partial charge in [-0.2, -0.15) is 0 Å². The van der Waals surface area contributed by atoms with E-state index in [0.29, 0.717) is 19.3 Å². The Kier molecular flexibility index (Phi) is 46.7. The molecule has 0 aromatic carbocycles. The molecule has 0 radical (unpaired) electrons. The fourth-order valence-electron chi connectivity index (χ4n) is 5.97. The van der Waals surface area contributed by atoms with Gasteiger partial charge in [-0.15, -0.1) is 0 Å². The van der Waals surface area contributed by atoms with Crippen LogP contribution in [-0.2, 0) is 28.6 Å². The third-order valence-corrected chi connectivity index (χ3v) is 9.63. The standard InChI is InChI=1S/C57H88O6/c1-4-7-10-13-16-19-22-24-26-27-28-29-31-33-36-39-42-45-48-51-57(60)63-54(52-61-55(58)49-46-43-40-37-34-21-18-15-12-9-6-3)53-62-56(59)50-47-44-41-38-35-32-30-25-23-20-17-14-11-8-5-2/h7-8,10-11,15-20,24-26,28-30,33,35-36,38,42,45,54H,4-6,9,12-14,21-23,27,31-32,34,37,39-41,43-44,46-53H2,1-3H3/b10-7-,11-8-,18-15-,19-16-,20-17-,26-24-,29-28-,30-25-,36-33-,38-35-,45-42-/t54-/m0/s1. The quantitative estimate of drug-likeness (QED) is 0.0263. The summed E-state index contributed by atoms with van der Waals surface area (Å²) >= 11 is 0. The second kappa shape index (κ2) is 50.2. The molecule has 0 aromatic rings. The summed E-state index contributed by atoms with van der Waals surface area (Å²) in [7, 11) is 0. The Morgan fingerprint density at radius 2 is 0.651 bits per heavy atom. The summed E-state index contributed by atoms with van der Waals surface area (Å²) in [5, 5.41) is 0. The lowest BCUT2D eigenvalue weighted by molar-refractivity contribution is -0.166. The smallest absolute Gasteiger partial charge is 0.306 e. The lowest BCUT2D eigenvalue weighted by Gasteiger charge is -2.18. The first-order valence-corrected chi connectivity index (χ1v) is 24.7. The lowest BCUT2D eigenvalue weighted by atomic mass is 10.1. The van der Waals surface area contributed by atoms with Gasteiger partial charge >= 0.3 is 17.9 Å². The van der Waals surface area contributed by atoms with Crippen LogP contribution in [0.25, 0.3) is 0 Å². The Labute approximate surface area is 385 Å². The van der Waals surface area contributed by atoms with Crippen molar-refractivity contribution in [3.05, 3.63) is 134 Å². The van der Waals surface area contributed by atoms with Crippen LogP contribution in [-0.4, -0.2) is 37.2 Å². The van der Waals surface area contributed by atoms with E-state index < -0.39 is 12.1 Å². The number of allylic oxidation sites excluding steroid dienone is 22. The molecular formula is C57H88O6. The molecule has 6 heteroatoms. The van der Waals surface area contributed by atoms with Crippen LogP contribution in [0.5, 0.6) is 0 Å². The molecule has 1 atom stereocenters. The molecule has 0 rings (SSSR count). The van der Waals surface area contributed by atoms with Gasteiger partial charge in [0.15, 0.2) is 6.10 Å². The highest BCUT2D eigenvalue weighted by Crippen LogP contribution is 2.11. The SMILES string of the molecule is CC/C=C\C/C=C\C/C=C\C/C=C\C/C=C\C/C=C\CCC(=O)O[C@H](COC(=O)CCCC/C=C\C/C=C\C/C=C\C/C=C\CC)COC(=O)CCCCCCC/C=C\CCCC. The van der Waals surface area contributed by atoms with Crippen molar-refractivity contribution in [1.29, 1.82) is 0 Å².